The molecular weight excluding hydrogens is 358 g/mol. The third-order valence-electron chi connectivity index (χ3n) is 4.08. The van der Waals surface area contributed by atoms with Gasteiger partial charge in [0.1, 0.15) is 6.61 Å². The third-order valence-corrected chi connectivity index (χ3v) is 4.08. The number of carbonyl (C=O) groups excluding carboxylic acids is 1. The number of aliphatic imine (C=N–C) groups is 1. The number of carbonyl (C=O) groups is 1. The molecule has 6 heteroatoms. The van der Waals surface area contributed by atoms with E-state index in [2.05, 4.69) is 4.99 Å². The van der Waals surface area contributed by atoms with Crippen LogP contribution in [0, 0.1) is 0 Å². The van der Waals surface area contributed by atoms with E-state index in [4.69, 9.17) is 18.6 Å². The van der Waals surface area contributed by atoms with Crippen molar-refractivity contribution in [3.05, 3.63) is 89.5 Å². The molecule has 1 aliphatic heterocycles. The largest absolute Gasteiger partial charge is 0.493 e. The average molecular weight is 375 g/mol. The van der Waals surface area contributed by atoms with E-state index >= 15 is 0 Å². The van der Waals surface area contributed by atoms with Gasteiger partial charge in [-0.25, -0.2) is 9.79 Å². The maximum atomic E-state index is 12.1. The van der Waals surface area contributed by atoms with Crippen molar-refractivity contribution in [3.63, 3.8) is 0 Å². The molecule has 0 saturated heterocycles. The van der Waals surface area contributed by atoms with Crippen molar-refractivity contribution in [2.75, 3.05) is 7.11 Å². The highest BCUT2D eigenvalue weighted by Gasteiger charge is 2.25. The summed E-state index contributed by atoms with van der Waals surface area (Å²) in [6.45, 7) is 0.403. The fourth-order valence-corrected chi connectivity index (χ4v) is 2.70. The van der Waals surface area contributed by atoms with Gasteiger partial charge in [0.2, 0.25) is 0 Å². The maximum absolute atomic E-state index is 12.1. The van der Waals surface area contributed by atoms with Gasteiger partial charge in [0.25, 0.3) is 5.90 Å². The van der Waals surface area contributed by atoms with Crippen molar-refractivity contribution in [1.29, 1.82) is 0 Å². The van der Waals surface area contributed by atoms with Gasteiger partial charge in [0.05, 0.1) is 13.4 Å². The van der Waals surface area contributed by atoms with Crippen molar-refractivity contribution in [2.45, 2.75) is 6.61 Å². The van der Waals surface area contributed by atoms with E-state index in [-0.39, 0.29) is 11.6 Å². The lowest BCUT2D eigenvalue weighted by atomic mass is 10.1. The number of methoxy groups -OCH3 is 1. The first-order valence-corrected chi connectivity index (χ1v) is 8.64. The molecule has 4 rings (SSSR count). The quantitative estimate of drug-likeness (QED) is 0.477. The smallest absolute Gasteiger partial charge is 0.363 e. The minimum absolute atomic E-state index is 0.148. The van der Waals surface area contributed by atoms with Gasteiger partial charge < -0.3 is 18.6 Å². The van der Waals surface area contributed by atoms with Crippen LogP contribution in [0.25, 0.3) is 6.08 Å². The molecule has 0 bridgehead atoms. The van der Waals surface area contributed by atoms with Crippen LogP contribution in [0.2, 0.25) is 0 Å². The van der Waals surface area contributed by atoms with Crippen LogP contribution in [-0.2, 0) is 16.1 Å². The van der Waals surface area contributed by atoms with Crippen LogP contribution in [0.1, 0.15) is 16.9 Å². The Bertz CT molecular complexity index is 1040. The van der Waals surface area contributed by atoms with Crippen LogP contribution in [0.3, 0.4) is 0 Å². The lowest BCUT2D eigenvalue weighted by Crippen LogP contribution is -2.04. The first-order chi connectivity index (χ1) is 13.7. The number of nitrogens with zero attached hydrogens (tertiary/aromatic N) is 1. The molecule has 3 aromatic rings. The van der Waals surface area contributed by atoms with Gasteiger partial charge in [0.15, 0.2) is 23.0 Å². The van der Waals surface area contributed by atoms with Crippen LogP contribution >= 0.6 is 0 Å². The first-order valence-electron chi connectivity index (χ1n) is 8.64. The molecule has 140 valence electrons. The number of hydrogen-bond acceptors (Lipinski definition) is 6. The maximum Gasteiger partial charge on any atom is 0.363 e. The zero-order valence-electron chi connectivity index (χ0n) is 15.1. The summed E-state index contributed by atoms with van der Waals surface area (Å²) in [6.07, 6.45) is 3.13. The second-order valence-electron chi connectivity index (χ2n) is 6.00. The standard InChI is InChI=1S/C22H17NO5/c1-25-18-10-9-16(13-20(18)27-14-15-6-3-2-4-7-15)12-17-22(24)28-21(23-17)19-8-5-11-26-19/h2-13H,14H2,1H3/b17-12+. The highest BCUT2D eigenvalue weighted by Crippen LogP contribution is 2.30. The number of furan rings is 1. The second kappa shape index (κ2) is 7.84. The van der Waals surface area contributed by atoms with Crippen LogP contribution in [-0.4, -0.2) is 19.0 Å². The fourth-order valence-electron chi connectivity index (χ4n) is 2.70. The first kappa shape index (κ1) is 17.6. The van der Waals surface area contributed by atoms with Crippen LogP contribution in [0.5, 0.6) is 11.5 Å². The van der Waals surface area contributed by atoms with Gasteiger partial charge in [-0.05, 0) is 41.5 Å². The molecule has 0 unspecified atom stereocenters. The van der Waals surface area contributed by atoms with Crippen molar-refractivity contribution >= 4 is 17.9 Å². The normalized spacial score (nSPS) is 14.7. The summed E-state index contributed by atoms with van der Waals surface area (Å²) >= 11 is 0. The molecule has 0 radical (unpaired) electrons. The lowest BCUT2D eigenvalue weighted by Gasteiger charge is -2.11. The molecule has 6 nitrogen and oxygen atoms in total. The topological polar surface area (TPSA) is 70.3 Å². The summed E-state index contributed by atoms with van der Waals surface area (Å²) in [6, 6.07) is 18.6. The zero-order valence-corrected chi connectivity index (χ0v) is 15.1. The minimum Gasteiger partial charge on any atom is -0.493 e. The molecule has 0 saturated carbocycles. The third kappa shape index (κ3) is 3.81. The number of hydrogen-bond donors (Lipinski definition) is 0. The molecule has 0 aliphatic carbocycles. The highest BCUT2D eigenvalue weighted by atomic mass is 16.6. The minimum atomic E-state index is -0.533. The van der Waals surface area contributed by atoms with Gasteiger partial charge in [0, 0.05) is 0 Å². The van der Waals surface area contributed by atoms with Crippen LogP contribution in [0.15, 0.2) is 82.0 Å². The zero-order chi connectivity index (χ0) is 19.3. The van der Waals surface area contributed by atoms with Crippen molar-refractivity contribution < 1.29 is 23.4 Å². The van der Waals surface area contributed by atoms with Gasteiger partial charge in [-0.1, -0.05) is 36.4 Å². The van der Waals surface area contributed by atoms with E-state index in [9.17, 15) is 4.79 Å². The van der Waals surface area contributed by atoms with Crippen molar-refractivity contribution in [3.8, 4) is 11.5 Å². The Morgan fingerprint density at radius 1 is 1.04 bits per heavy atom. The Hall–Kier alpha value is -3.80. The summed E-state index contributed by atoms with van der Waals surface area (Å²) < 4.78 is 21.7. The molecule has 0 spiro atoms. The predicted molar refractivity (Wildman–Crippen MR) is 103 cm³/mol. The van der Waals surface area contributed by atoms with E-state index in [0.29, 0.717) is 23.9 Å². The van der Waals surface area contributed by atoms with Crippen molar-refractivity contribution in [2.24, 2.45) is 4.99 Å². The average Bonchev–Trinajstić information content (AvgIpc) is 3.38. The number of esters is 1. The van der Waals surface area contributed by atoms with Gasteiger partial charge in [-0.2, -0.15) is 0 Å². The van der Waals surface area contributed by atoms with Crippen LogP contribution < -0.4 is 9.47 Å². The van der Waals surface area contributed by atoms with E-state index in [0.717, 1.165) is 11.1 Å². The molecule has 0 atom stereocenters. The summed E-state index contributed by atoms with van der Waals surface area (Å²) in [4.78, 5) is 16.3. The van der Waals surface area contributed by atoms with E-state index in [1.807, 2.05) is 36.4 Å². The molecule has 0 fully saturated rings. The molecule has 0 amide bonds. The molecule has 1 aromatic heterocycles. The van der Waals surface area contributed by atoms with E-state index in [1.165, 1.54) is 6.26 Å². The molecular formula is C22H17NO5. The van der Waals surface area contributed by atoms with Crippen LogP contribution in [0.4, 0.5) is 0 Å². The summed E-state index contributed by atoms with van der Waals surface area (Å²) in [5, 5.41) is 0. The van der Waals surface area contributed by atoms with E-state index in [1.54, 1.807) is 37.5 Å². The monoisotopic (exact) mass is 375 g/mol. The highest BCUT2D eigenvalue weighted by molar-refractivity contribution is 6.11. The van der Waals surface area contributed by atoms with Crippen molar-refractivity contribution in [1.82, 2.24) is 0 Å². The molecule has 2 aromatic carbocycles. The van der Waals surface area contributed by atoms with Gasteiger partial charge in [-0.3, -0.25) is 0 Å². The number of benzene rings is 2. The Morgan fingerprint density at radius 3 is 2.64 bits per heavy atom. The second-order valence-corrected chi connectivity index (χ2v) is 6.00. The lowest BCUT2D eigenvalue weighted by molar-refractivity contribution is -0.130. The predicted octanol–water partition coefficient (Wildman–Crippen LogP) is 4.21. The molecule has 0 N–H and O–H groups in total. The van der Waals surface area contributed by atoms with Gasteiger partial charge >= 0.3 is 5.97 Å². The summed E-state index contributed by atoms with van der Waals surface area (Å²) in [5.41, 5.74) is 1.96. The van der Waals surface area contributed by atoms with E-state index < -0.39 is 5.97 Å². The SMILES string of the molecule is COc1ccc(/C=C2/N=C(c3ccco3)OC2=O)cc1OCc1ccccc1. The summed E-state index contributed by atoms with van der Waals surface area (Å²) in [5.74, 6) is 1.19. The fraction of sp³-hybridized carbons (Fsp3) is 0.0909. The number of rotatable bonds is 6. The Balaban J connectivity index is 1.58. The Morgan fingerprint density at radius 2 is 1.89 bits per heavy atom. The summed E-state index contributed by atoms with van der Waals surface area (Å²) in [7, 11) is 1.58. The molecule has 28 heavy (non-hydrogen) atoms. The molecule has 2 heterocycles. The number of cyclic esters (lactones) is 1. The number of ether oxygens (including phenoxy) is 3. The van der Waals surface area contributed by atoms with Gasteiger partial charge in [-0.15, -0.1) is 0 Å². The molecule has 1 aliphatic rings. The Kier molecular flexibility index (Phi) is 4.93. The Labute approximate surface area is 161 Å².